The SMILES string of the molecule is Cc1nc(SCC(=O)Nc2sccc2C(N)=O)n(CC(C)C)c1C. The number of carbonyl (C=O) groups excluding carboxylic acids is 2. The number of primary amides is 1. The van der Waals surface area contributed by atoms with Crippen LogP contribution in [0.25, 0.3) is 0 Å². The second kappa shape index (κ2) is 7.85. The number of anilines is 1. The number of imidazole rings is 1. The van der Waals surface area contributed by atoms with Gasteiger partial charge in [-0.1, -0.05) is 25.6 Å². The molecule has 24 heavy (non-hydrogen) atoms. The zero-order chi connectivity index (χ0) is 17.9. The number of nitrogens with zero attached hydrogens (tertiary/aromatic N) is 2. The normalized spacial score (nSPS) is 11.0. The number of aryl methyl sites for hydroxylation is 1. The maximum atomic E-state index is 12.2. The molecule has 0 aliphatic heterocycles. The molecular weight excluding hydrogens is 344 g/mol. The van der Waals surface area contributed by atoms with Gasteiger partial charge in [-0.2, -0.15) is 0 Å². The van der Waals surface area contributed by atoms with Gasteiger partial charge >= 0.3 is 0 Å². The Morgan fingerprint density at radius 3 is 2.75 bits per heavy atom. The van der Waals surface area contributed by atoms with Crippen molar-refractivity contribution in [2.75, 3.05) is 11.1 Å². The van der Waals surface area contributed by atoms with E-state index in [1.807, 2.05) is 13.8 Å². The molecule has 2 amide bonds. The van der Waals surface area contributed by atoms with Crippen molar-refractivity contribution in [3.05, 3.63) is 28.4 Å². The standard InChI is InChI=1S/C16H22N4O2S2/c1-9(2)7-20-11(4)10(3)18-16(20)24-8-13(21)19-15-12(14(17)22)5-6-23-15/h5-6,9H,7-8H2,1-4H3,(H2,17,22)(H,19,21). The lowest BCUT2D eigenvalue weighted by Gasteiger charge is -2.12. The topological polar surface area (TPSA) is 90.0 Å². The molecule has 0 unspecified atom stereocenters. The second-order valence-corrected chi connectivity index (χ2v) is 7.79. The number of hydrogen-bond donors (Lipinski definition) is 2. The lowest BCUT2D eigenvalue weighted by molar-refractivity contribution is -0.113. The highest BCUT2D eigenvalue weighted by molar-refractivity contribution is 7.99. The number of amides is 2. The van der Waals surface area contributed by atoms with E-state index in [0.717, 1.165) is 23.1 Å². The summed E-state index contributed by atoms with van der Waals surface area (Å²) in [7, 11) is 0. The molecule has 0 bridgehead atoms. The first kappa shape index (κ1) is 18.5. The summed E-state index contributed by atoms with van der Waals surface area (Å²) in [6, 6.07) is 1.61. The summed E-state index contributed by atoms with van der Waals surface area (Å²) in [4.78, 5) is 28.0. The van der Waals surface area contributed by atoms with Crippen LogP contribution in [0.2, 0.25) is 0 Å². The Balaban J connectivity index is 2.03. The van der Waals surface area contributed by atoms with Gasteiger partial charge in [0, 0.05) is 12.2 Å². The first-order valence-corrected chi connectivity index (χ1v) is 9.49. The number of thiophene rings is 1. The van der Waals surface area contributed by atoms with E-state index >= 15 is 0 Å². The van der Waals surface area contributed by atoms with Crippen molar-refractivity contribution in [1.82, 2.24) is 9.55 Å². The molecule has 2 aromatic heterocycles. The molecule has 3 N–H and O–H groups in total. The van der Waals surface area contributed by atoms with Crippen molar-refractivity contribution < 1.29 is 9.59 Å². The van der Waals surface area contributed by atoms with E-state index in [1.54, 1.807) is 11.4 Å². The highest BCUT2D eigenvalue weighted by Crippen LogP contribution is 2.25. The van der Waals surface area contributed by atoms with Crippen LogP contribution in [0.15, 0.2) is 16.6 Å². The number of nitrogens with two attached hydrogens (primary N) is 1. The van der Waals surface area contributed by atoms with Crippen LogP contribution in [0.1, 0.15) is 35.6 Å². The third kappa shape index (κ3) is 4.39. The van der Waals surface area contributed by atoms with Crippen molar-refractivity contribution in [3.8, 4) is 0 Å². The minimum absolute atomic E-state index is 0.181. The highest BCUT2D eigenvalue weighted by atomic mass is 32.2. The molecule has 2 heterocycles. The van der Waals surface area contributed by atoms with Gasteiger partial charge in [0.25, 0.3) is 5.91 Å². The van der Waals surface area contributed by atoms with Crippen LogP contribution in [0.3, 0.4) is 0 Å². The largest absolute Gasteiger partial charge is 0.366 e. The Bertz CT molecular complexity index is 749. The molecule has 0 saturated heterocycles. The van der Waals surface area contributed by atoms with E-state index in [2.05, 4.69) is 28.7 Å². The van der Waals surface area contributed by atoms with Crippen molar-refractivity contribution in [3.63, 3.8) is 0 Å². The predicted molar refractivity (Wildman–Crippen MR) is 98.7 cm³/mol. The van der Waals surface area contributed by atoms with Crippen LogP contribution in [0.4, 0.5) is 5.00 Å². The van der Waals surface area contributed by atoms with Crippen molar-refractivity contribution in [2.24, 2.45) is 11.7 Å². The number of thioether (sulfide) groups is 1. The van der Waals surface area contributed by atoms with Gasteiger partial charge in [-0.3, -0.25) is 9.59 Å². The third-order valence-electron chi connectivity index (χ3n) is 3.49. The summed E-state index contributed by atoms with van der Waals surface area (Å²) in [5, 5.41) is 5.81. The van der Waals surface area contributed by atoms with Gasteiger partial charge in [0.05, 0.1) is 17.0 Å². The molecule has 0 aliphatic rings. The van der Waals surface area contributed by atoms with E-state index in [4.69, 9.17) is 5.73 Å². The van der Waals surface area contributed by atoms with E-state index in [0.29, 0.717) is 16.5 Å². The quantitative estimate of drug-likeness (QED) is 0.737. The average molecular weight is 367 g/mol. The lowest BCUT2D eigenvalue weighted by atomic mass is 10.2. The van der Waals surface area contributed by atoms with Crippen LogP contribution in [-0.4, -0.2) is 27.1 Å². The van der Waals surface area contributed by atoms with Crippen LogP contribution in [-0.2, 0) is 11.3 Å². The van der Waals surface area contributed by atoms with Crippen molar-refractivity contribution >= 4 is 39.9 Å². The highest BCUT2D eigenvalue weighted by Gasteiger charge is 2.16. The molecule has 0 aromatic carbocycles. The van der Waals surface area contributed by atoms with Gasteiger partial charge < -0.3 is 15.6 Å². The van der Waals surface area contributed by atoms with E-state index < -0.39 is 5.91 Å². The Morgan fingerprint density at radius 1 is 1.42 bits per heavy atom. The maximum Gasteiger partial charge on any atom is 0.251 e. The van der Waals surface area contributed by atoms with E-state index in [-0.39, 0.29) is 11.7 Å². The first-order valence-electron chi connectivity index (χ1n) is 7.63. The predicted octanol–water partition coefficient (Wildman–Crippen LogP) is 3.05. The molecule has 8 heteroatoms. The number of rotatable bonds is 7. The average Bonchev–Trinajstić information content (AvgIpc) is 3.05. The van der Waals surface area contributed by atoms with E-state index in [1.165, 1.54) is 23.1 Å². The fourth-order valence-corrected chi connectivity index (χ4v) is 3.92. The molecule has 2 aromatic rings. The summed E-state index contributed by atoms with van der Waals surface area (Å²) in [5.74, 6) is -0.00335. The second-order valence-electron chi connectivity index (χ2n) is 5.93. The zero-order valence-corrected chi connectivity index (χ0v) is 15.9. The van der Waals surface area contributed by atoms with Gasteiger partial charge in [0.15, 0.2) is 5.16 Å². The summed E-state index contributed by atoms with van der Waals surface area (Å²) < 4.78 is 2.15. The molecule has 0 saturated carbocycles. The van der Waals surface area contributed by atoms with Crippen LogP contribution in [0.5, 0.6) is 0 Å². The Kier molecular flexibility index (Phi) is 6.06. The smallest absolute Gasteiger partial charge is 0.251 e. The summed E-state index contributed by atoms with van der Waals surface area (Å²) in [6.07, 6.45) is 0. The fourth-order valence-electron chi connectivity index (χ4n) is 2.21. The van der Waals surface area contributed by atoms with Gasteiger partial charge in [0.1, 0.15) is 5.00 Å². The van der Waals surface area contributed by atoms with Crippen LogP contribution in [0, 0.1) is 19.8 Å². The Morgan fingerprint density at radius 2 is 2.12 bits per heavy atom. The zero-order valence-electron chi connectivity index (χ0n) is 14.3. The molecule has 0 aliphatic carbocycles. The number of carbonyl (C=O) groups is 2. The van der Waals surface area contributed by atoms with Gasteiger partial charge in [0.2, 0.25) is 5.91 Å². The minimum Gasteiger partial charge on any atom is -0.366 e. The van der Waals surface area contributed by atoms with Crippen LogP contribution < -0.4 is 11.1 Å². The molecule has 2 rings (SSSR count). The Hall–Kier alpha value is -1.80. The molecule has 0 spiro atoms. The molecule has 0 atom stereocenters. The van der Waals surface area contributed by atoms with Gasteiger partial charge in [-0.25, -0.2) is 4.98 Å². The van der Waals surface area contributed by atoms with Crippen molar-refractivity contribution in [1.29, 1.82) is 0 Å². The fraction of sp³-hybridized carbons (Fsp3) is 0.438. The monoisotopic (exact) mass is 366 g/mol. The van der Waals surface area contributed by atoms with Crippen molar-refractivity contribution in [2.45, 2.75) is 39.4 Å². The molecular formula is C16H22N4O2S2. The molecule has 130 valence electrons. The lowest BCUT2D eigenvalue weighted by Crippen LogP contribution is -2.18. The number of nitrogens with one attached hydrogen (secondary N) is 1. The summed E-state index contributed by atoms with van der Waals surface area (Å²) in [6.45, 7) is 9.18. The summed E-state index contributed by atoms with van der Waals surface area (Å²) in [5.41, 5.74) is 7.73. The van der Waals surface area contributed by atoms with Gasteiger partial charge in [-0.05, 0) is 31.2 Å². The first-order chi connectivity index (χ1) is 11.3. The van der Waals surface area contributed by atoms with Crippen LogP contribution >= 0.6 is 23.1 Å². The maximum absolute atomic E-state index is 12.2. The third-order valence-corrected chi connectivity index (χ3v) is 5.29. The van der Waals surface area contributed by atoms with E-state index in [9.17, 15) is 9.59 Å². The Labute approximate surface area is 149 Å². The molecule has 0 fully saturated rings. The molecule has 6 nitrogen and oxygen atoms in total. The molecule has 0 radical (unpaired) electrons. The van der Waals surface area contributed by atoms with Gasteiger partial charge in [-0.15, -0.1) is 11.3 Å². The number of aromatic nitrogens is 2. The minimum atomic E-state index is -0.544. The number of hydrogen-bond acceptors (Lipinski definition) is 5. The summed E-state index contributed by atoms with van der Waals surface area (Å²) >= 11 is 2.68.